The van der Waals surface area contributed by atoms with Crippen LogP contribution in [0.25, 0.3) is 0 Å². The molecule has 1 heterocycles. The summed E-state index contributed by atoms with van der Waals surface area (Å²) < 4.78 is 0. The number of fused-ring (bicyclic) bond motifs is 5. The Bertz CT molecular complexity index is 846. The molecule has 0 aromatic rings. The van der Waals surface area contributed by atoms with E-state index in [0.29, 0.717) is 17.3 Å². The Kier molecular flexibility index (Phi) is 13.9. The van der Waals surface area contributed by atoms with Gasteiger partial charge in [0.05, 0.1) is 6.10 Å². The highest BCUT2D eigenvalue weighted by molar-refractivity contribution is 5.72. The molecule has 5 aliphatic rings. The Balaban J connectivity index is 0.000000285. The number of aliphatic hydroxyl groups is 1. The standard InChI is InChI=1S/C27H46O.C6H13NO2.C4H9N/c1-18(2)7-6-8-19(3)23-11-12-24-22-10-9-20-17-21(28)13-15-26(20,4)25(22)14-16-27(23,24)5;1-2-3-4-5(7)6(8)9;1-2-4-5-3-1/h9,18-19,21-25,28H,6-8,10-17H2,1-5H3;5H,2-4,7H2,1H3,(H,8,9);5H,1-4H2/t19-,21+,22+,23-,24+,25+,26+,27-;;/m1../s1. The molecule has 42 heavy (non-hydrogen) atoms. The minimum Gasteiger partial charge on any atom is -0.480 e. The normalized spacial score (nSPS) is 36.7. The van der Waals surface area contributed by atoms with E-state index < -0.39 is 12.0 Å². The summed E-state index contributed by atoms with van der Waals surface area (Å²) in [5.74, 6) is 4.56. The molecule has 4 aliphatic carbocycles. The third-order valence-electron chi connectivity index (χ3n) is 12.4. The summed E-state index contributed by atoms with van der Waals surface area (Å²) in [5, 5.41) is 21.7. The molecule has 1 saturated heterocycles. The van der Waals surface area contributed by atoms with Crippen molar-refractivity contribution in [1.29, 1.82) is 0 Å². The van der Waals surface area contributed by atoms with Gasteiger partial charge in [0.25, 0.3) is 0 Å². The highest BCUT2D eigenvalue weighted by Gasteiger charge is 2.59. The van der Waals surface area contributed by atoms with Gasteiger partial charge in [-0.1, -0.05) is 85.3 Å². The first-order chi connectivity index (χ1) is 19.9. The van der Waals surface area contributed by atoms with Gasteiger partial charge in [-0.25, -0.2) is 0 Å². The summed E-state index contributed by atoms with van der Waals surface area (Å²) in [6.07, 6.45) is 22.4. The van der Waals surface area contributed by atoms with E-state index in [4.69, 9.17) is 10.8 Å². The number of carboxylic acids is 1. The monoisotopic (exact) mass is 589 g/mol. The van der Waals surface area contributed by atoms with Crippen molar-refractivity contribution in [2.75, 3.05) is 13.1 Å². The maximum atomic E-state index is 10.2. The Morgan fingerprint density at radius 3 is 2.31 bits per heavy atom. The fourth-order valence-electron chi connectivity index (χ4n) is 9.84. The summed E-state index contributed by atoms with van der Waals surface area (Å²) in [7, 11) is 0. The number of nitrogens with one attached hydrogen (secondary N) is 1. The number of hydrogen-bond donors (Lipinski definition) is 4. The van der Waals surface area contributed by atoms with Gasteiger partial charge in [-0.2, -0.15) is 0 Å². The maximum absolute atomic E-state index is 10.2. The molecule has 1 aliphatic heterocycles. The van der Waals surface area contributed by atoms with Crippen LogP contribution in [0.5, 0.6) is 0 Å². The molecule has 0 radical (unpaired) electrons. The van der Waals surface area contributed by atoms with E-state index in [1.807, 2.05) is 6.92 Å². The van der Waals surface area contributed by atoms with E-state index in [9.17, 15) is 9.90 Å². The number of hydrogen-bond acceptors (Lipinski definition) is 4. The summed E-state index contributed by atoms with van der Waals surface area (Å²) >= 11 is 0. The Morgan fingerprint density at radius 2 is 1.71 bits per heavy atom. The second kappa shape index (κ2) is 16.4. The predicted octanol–water partition coefficient (Wildman–Crippen LogP) is 8.35. The van der Waals surface area contributed by atoms with Crippen LogP contribution in [0, 0.1) is 46.3 Å². The third-order valence-corrected chi connectivity index (χ3v) is 12.4. The van der Waals surface area contributed by atoms with Crippen molar-refractivity contribution in [2.45, 2.75) is 156 Å². The molecule has 0 amide bonds. The molecule has 1 unspecified atom stereocenters. The van der Waals surface area contributed by atoms with E-state index in [0.717, 1.165) is 61.2 Å². The Labute approximate surface area is 259 Å². The van der Waals surface area contributed by atoms with Crippen molar-refractivity contribution in [3.05, 3.63) is 11.6 Å². The van der Waals surface area contributed by atoms with Crippen LogP contribution in [0.1, 0.15) is 144 Å². The average Bonchev–Trinajstić information content (AvgIpc) is 3.64. The van der Waals surface area contributed by atoms with Gasteiger partial charge in [-0.3, -0.25) is 4.79 Å². The topological polar surface area (TPSA) is 95.6 Å². The molecule has 3 saturated carbocycles. The van der Waals surface area contributed by atoms with Crippen molar-refractivity contribution in [3.63, 3.8) is 0 Å². The lowest BCUT2D eigenvalue weighted by atomic mass is 9.47. The number of aliphatic carboxylic acids is 1. The Morgan fingerprint density at radius 1 is 1.00 bits per heavy atom. The van der Waals surface area contributed by atoms with Crippen molar-refractivity contribution < 1.29 is 15.0 Å². The average molecular weight is 589 g/mol. The number of aliphatic hydroxyl groups excluding tert-OH is 1. The molecule has 0 spiro atoms. The molecule has 244 valence electrons. The minimum atomic E-state index is -0.900. The van der Waals surface area contributed by atoms with Crippen LogP contribution in [0.4, 0.5) is 0 Å². The minimum absolute atomic E-state index is 0.0766. The fraction of sp³-hybridized carbons (Fsp3) is 0.919. The van der Waals surface area contributed by atoms with Crippen LogP contribution < -0.4 is 11.1 Å². The quantitative estimate of drug-likeness (QED) is 0.203. The van der Waals surface area contributed by atoms with Gasteiger partial charge in [0.15, 0.2) is 0 Å². The summed E-state index contributed by atoms with van der Waals surface area (Å²) in [4.78, 5) is 10.1. The van der Waals surface area contributed by atoms with Crippen molar-refractivity contribution in [3.8, 4) is 0 Å². The Hall–Kier alpha value is -0.910. The summed E-state index contributed by atoms with van der Waals surface area (Å²) in [6, 6.07) is -0.662. The van der Waals surface area contributed by atoms with Crippen LogP contribution in [-0.2, 0) is 4.79 Å². The van der Waals surface area contributed by atoms with Crippen molar-refractivity contribution in [1.82, 2.24) is 5.32 Å². The largest absolute Gasteiger partial charge is 0.480 e. The second-order valence-electron chi connectivity index (χ2n) is 15.7. The lowest BCUT2D eigenvalue weighted by Crippen LogP contribution is -2.50. The molecule has 0 bridgehead atoms. The molecule has 0 aromatic heterocycles. The summed E-state index contributed by atoms with van der Waals surface area (Å²) in [6.45, 7) is 17.1. The first kappa shape index (κ1) is 35.6. The van der Waals surface area contributed by atoms with Gasteiger partial charge in [0.2, 0.25) is 0 Å². The van der Waals surface area contributed by atoms with Gasteiger partial charge in [-0.05, 0) is 130 Å². The van der Waals surface area contributed by atoms with E-state index in [1.165, 1.54) is 83.7 Å². The maximum Gasteiger partial charge on any atom is 0.320 e. The smallest absolute Gasteiger partial charge is 0.320 e. The van der Waals surface area contributed by atoms with E-state index >= 15 is 0 Å². The summed E-state index contributed by atoms with van der Waals surface area (Å²) in [5.41, 5.74) is 7.81. The molecule has 0 aromatic carbocycles. The second-order valence-corrected chi connectivity index (χ2v) is 15.7. The van der Waals surface area contributed by atoms with Crippen LogP contribution in [0.3, 0.4) is 0 Å². The number of carboxylic acid groups (broad SMARTS) is 1. The van der Waals surface area contributed by atoms with E-state index in [1.54, 1.807) is 5.57 Å². The van der Waals surface area contributed by atoms with Gasteiger partial charge in [0, 0.05) is 0 Å². The molecule has 4 fully saturated rings. The zero-order chi connectivity index (χ0) is 30.9. The highest BCUT2D eigenvalue weighted by atomic mass is 16.4. The fourth-order valence-corrected chi connectivity index (χ4v) is 9.84. The SMILES string of the molecule is C1CCNC1.CC(C)CCC[C@@H](C)[C@H]1CC[C@H]2[C@@H]3CC=C4C[C@@H](O)CC[C@]4(C)[C@H]3CC[C@]12C.CCCCC(N)C(=O)O. The van der Waals surface area contributed by atoms with E-state index in [-0.39, 0.29) is 6.10 Å². The number of unbranched alkanes of at least 4 members (excludes halogenated alkanes) is 1. The number of carbonyl (C=O) groups is 1. The predicted molar refractivity (Wildman–Crippen MR) is 176 cm³/mol. The lowest BCUT2D eigenvalue weighted by molar-refractivity contribution is -0.138. The number of rotatable bonds is 9. The third kappa shape index (κ3) is 8.84. The number of nitrogens with two attached hydrogens (primary N) is 1. The van der Waals surface area contributed by atoms with Crippen LogP contribution in [0.2, 0.25) is 0 Å². The zero-order valence-corrected chi connectivity index (χ0v) is 28.3. The van der Waals surface area contributed by atoms with Gasteiger partial charge in [0.1, 0.15) is 6.04 Å². The molecule has 5 rings (SSSR count). The van der Waals surface area contributed by atoms with E-state index in [2.05, 4.69) is 46.0 Å². The van der Waals surface area contributed by atoms with Gasteiger partial charge >= 0.3 is 5.97 Å². The molecule has 5 N–H and O–H groups in total. The van der Waals surface area contributed by atoms with Gasteiger partial charge < -0.3 is 21.3 Å². The van der Waals surface area contributed by atoms with Crippen LogP contribution >= 0.6 is 0 Å². The molecule has 5 heteroatoms. The highest BCUT2D eigenvalue weighted by Crippen LogP contribution is 2.67. The van der Waals surface area contributed by atoms with Crippen LogP contribution in [-0.4, -0.2) is 41.4 Å². The van der Waals surface area contributed by atoms with Crippen LogP contribution in [0.15, 0.2) is 11.6 Å². The van der Waals surface area contributed by atoms with Gasteiger partial charge in [-0.15, -0.1) is 0 Å². The molecular formula is C37H68N2O3. The molecular weight excluding hydrogens is 520 g/mol. The number of allylic oxidation sites excluding steroid dienone is 1. The molecule has 5 nitrogen and oxygen atoms in total. The molecule has 9 atom stereocenters. The lowest BCUT2D eigenvalue weighted by Gasteiger charge is -2.58. The van der Waals surface area contributed by atoms with Crippen molar-refractivity contribution >= 4 is 5.97 Å². The first-order valence-corrected chi connectivity index (χ1v) is 18.0. The first-order valence-electron chi connectivity index (χ1n) is 18.0. The zero-order valence-electron chi connectivity index (χ0n) is 28.3. The van der Waals surface area contributed by atoms with Crippen molar-refractivity contribution in [2.24, 2.45) is 52.1 Å².